The molecule has 126 valence electrons. The number of carbonyl (C=O) groups is 1. The second-order valence-electron chi connectivity index (χ2n) is 5.90. The third-order valence-corrected chi connectivity index (χ3v) is 5.09. The number of halogens is 3. The molecule has 1 amide bonds. The Morgan fingerprint density at radius 1 is 1.25 bits per heavy atom. The Bertz CT molecular complexity index is 924. The molecular formula is C16H14F3N3OS. The molecule has 2 N–H and O–H groups in total. The Hall–Kier alpha value is -2.35. The summed E-state index contributed by atoms with van der Waals surface area (Å²) in [7, 11) is 0. The standard InChI is InChI=1S/C16H14F3N3OS/c1-15(2,14(20)23)22-6-5-10-11(22)7-9(8-21-10)12-3-4-13(24-12)16(17,18)19/h3-8H,1-2H3,(H2,20,23). The molecule has 0 fully saturated rings. The number of hydrogen-bond acceptors (Lipinski definition) is 3. The molecular weight excluding hydrogens is 339 g/mol. The Balaban J connectivity index is 2.12. The molecule has 24 heavy (non-hydrogen) atoms. The fraction of sp³-hybridized carbons (Fsp3) is 0.250. The first kappa shape index (κ1) is 16.5. The van der Waals surface area contributed by atoms with Crippen LogP contribution in [0.5, 0.6) is 0 Å². The lowest BCUT2D eigenvalue weighted by Crippen LogP contribution is -2.40. The summed E-state index contributed by atoms with van der Waals surface area (Å²) < 4.78 is 40.0. The van der Waals surface area contributed by atoms with Crippen molar-refractivity contribution in [2.75, 3.05) is 0 Å². The Kier molecular flexibility index (Phi) is 3.67. The highest BCUT2D eigenvalue weighted by Gasteiger charge is 2.33. The van der Waals surface area contributed by atoms with E-state index in [1.807, 2.05) is 0 Å². The number of nitrogens with zero attached hydrogens (tertiary/aromatic N) is 2. The number of rotatable bonds is 3. The average molecular weight is 353 g/mol. The van der Waals surface area contributed by atoms with Gasteiger partial charge in [-0.1, -0.05) is 0 Å². The van der Waals surface area contributed by atoms with E-state index in [2.05, 4.69) is 4.98 Å². The molecule has 0 radical (unpaired) electrons. The summed E-state index contributed by atoms with van der Waals surface area (Å²) in [6.45, 7) is 3.35. The highest BCUT2D eigenvalue weighted by atomic mass is 32.1. The van der Waals surface area contributed by atoms with Crippen molar-refractivity contribution in [1.82, 2.24) is 9.55 Å². The lowest BCUT2D eigenvalue weighted by atomic mass is 10.0. The largest absolute Gasteiger partial charge is 0.425 e. The zero-order valence-electron chi connectivity index (χ0n) is 12.9. The van der Waals surface area contributed by atoms with Crippen LogP contribution in [0.1, 0.15) is 18.7 Å². The number of alkyl halides is 3. The molecule has 3 rings (SSSR count). The molecule has 0 atom stereocenters. The molecule has 3 aromatic heterocycles. The number of thiophene rings is 1. The van der Waals surface area contributed by atoms with Gasteiger partial charge in [-0.05, 0) is 38.1 Å². The molecule has 0 saturated carbocycles. The van der Waals surface area contributed by atoms with Crippen LogP contribution in [0.25, 0.3) is 21.5 Å². The summed E-state index contributed by atoms with van der Waals surface area (Å²) in [6, 6.07) is 5.93. The van der Waals surface area contributed by atoms with E-state index in [0.717, 1.165) is 6.07 Å². The monoisotopic (exact) mass is 353 g/mol. The predicted octanol–water partition coefficient (Wildman–Crippen LogP) is 4.00. The molecule has 3 aromatic rings. The molecule has 4 nitrogen and oxygen atoms in total. The van der Waals surface area contributed by atoms with Gasteiger partial charge in [0.2, 0.25) is 5.91 Å². The zero-order valence-corrected chi connectivity index (χ0v) is 13.7. The van der Waals surface area contributed by atoms with E-state index in [0.29, 0.717) is 32.8 Å². The van der Waals surface area contributed by atoms with E-state index in [-0.39, 0.29) is 0 Å². The number of primary amides is 1. The number of nitrogens with two attached hydrogens (primary N) is 1. The summed E-state index contributed by atoms with van der Waals surface area (Å²) in [5.41, 5.74) is 6.31. The molecule has 0 aliphatic rings. The predicted molar refractivity (Wildman–Crippen MR) is 86.6 cm³/mol. The van der Waals surface area contributed by atoms with Crippen molar-refractivity contribution >= 4 is 28.3 Å². The average Bonchev–Trinajstić information content (AvgIpc) is 3.13. The SMILES string of the molecule is CC(C)(C(N)=O)n1ccc2ncc(-c3ccc(C(F)(F)F)s3)cc21. The second-order valence-corrected chi connectivity index (χ2v) is 6.98. The molecule has 0 aliphatic carbocycles. The quantitative estimate of drug-likeness (QED) is 0.773. The Morgan fingerprint density at radius 2 is 1.96 bits per heavy atom. The van der Waals surface area contributed by atoms with Gasteiger partial charge >= 0.3 is 6.18 Å². The Labute approximate surface area is 139 Å². The first-order chi connectivity index (χ1) is 11.1. The van der Waals surface area contributed by atoms with Crippen molar-refractivity contribution in [3.8, 4) is 10.4 Å². The highest BCUT2D eigenvalue weighted by Crippen LogP contribution is 2.39. The number of fused-ring (bicyclic) bond motifs is 1. The van der Waals surface area contributed by atoms with Gasteiger partial charge in [-0.2, -0.15) is 13.2 Å². The summed E-state index contributed by atoms with van der Waals surface area (Å²) in [5, 5.41) is 0. The van der Waals surface area contributed by atoms with Crippen molar-refractivity contribution in [3.63, 3.8) is 0 Å². The van der Waals surface area contributed by atoms with Crippen LogP contribution < -0.4 is 5.73 Å². The summed E-state index contributed by atoms with van der Waals surface area (Å²) in [5.74, 6) is -0.513. The lowest BCUT2D eigenvalue weighted by Gasteiger charge is -2.24. The molecule has 0 spiro atoms. The summed E-state index contributed by atoms with van der Waals surface area (Å²) >= 11 is 0.658. The number of amides is 1. The van der Waals surface area contributed by atoms with E-state index in [1.54, 1.807) is 36.7 Å². The maximum Gasteiger partial charge on any atom is 0.425 e. The maximum absolute atomic E-state index is 12.8. The lowest BCUT2D eigenvalue weighted by molar-refractivity contribution is -0.134. The molecule has 0 unspecified atom stereocenters. The van der Waals surface area contributed by atoms with Gasteiger partial charge in [0.25, 0.3) is 0 Å². The van der Waals surface area contributed by atoms with Crippen molar-refractivity contribution in [3.05, 3.63) is 41.5 Å². The van der Waals surface area contributed by atoms with E-state index >= 15 is 0 Å². The van der Waals surface area contributed by atoms with Crippen molar-refractivity contribution in [1.29, 1.82) is 0 Å². The van der Waals surface area contributed by atoms with E-state index < -0.39 is 22.5 Å². The molecule has 0 aliphatic heterocycles. The van der Waals surface area contributed by atoms with Gasteiger partial charge < -0.3 is 10.3 Å². The fourth-order valence-electron chi connectivity index (χ4n) is 2.40. The van der Waals surface area contributed by atoms with Gasteiger partial charge in [0.15, 0.2) is 0 Å². The van der Waals surface area contributed by atoms with Crippen LogP contribution in [0.4, 0.5) is 13.2 Å². The van der Waals surface area contributed by atoms with Gasteiger partial charge in [-0.25, -0.2) is 0 Å². The molecule has 0 saturated heterocycles. The van der Waals surface area contributed by atoms with Crippen LogP contribution in [-0.2, 0) is 16.5 Å². The third kappa shape index (κ3) is 2.66. The minimum Gasteiger partial charge on any atom is -0.368 e. The second kappa shape index (κ2) is 5.34. The van der Waals surface area contributed by atoms with Crippen LogP contribution in [0, 0.1) is 0 Å². The van der Waals surface area contributed by atoms with E-state index in [4.69, 9.17) is 5.73 Å². The first-order valence-corrected chi connectivity index (χ1v) is 7.87. The number of carbonyl (C=O) groups excluding carboxylic acids is 1. The van der Waals surface area contributed by atoms with E-state index in [9.17, 15) is 18.0 Å². The maximum atomic E-state index is 12.8. The van der Waals surface area contributed by atoms with Gasteiger partial charge in [0.1, 0.15) is 10.4 Å². The molecule has 0 bridgehead atoms. The summed E-state index contributed by atoms with van der Waals surface area (Å²) in [6.07, 6.45) is -1.15. The zero-order chi connectivity index (χ0) is 17.7. The molecule has 0 aromatic carbocycles. The van der Waals surface area contributed by atoms with Gasteiger partial charge in [0.05, 0.1) is 11.0 Å². The van der Waals surface area contributed by atoms with Crippen LogP contribution in [0.2, 0.25) is 0 Å². The molecule has 3 heterocycles. The third-order valence-electron chi connectivity index (χ3n) is 3.91. The minimum atomic E-state index is -4.37. The normalized spacial score (nSPS) is 12.7. The number of aromatic nitrogens is 2. The topological polar surface area (TPSA) is 60.9 Å². The fourth-order valence-corrected chi connectivity index (χ4v) is 3.25. The first-order valence-electron chi connectivity index (χ1n) is 7.05. The minimum absolute atomic E-state index is 0.460. The van der Waals surface area contributed by atoms with Gasteiger partial charge in [0, 0.05) is 22.8 Å². The van der Waals surface area contributed by atoms with Crippen molar-refractivity contribution in [2.45, 2.75) is 25.6 Å². The van der Waals surface area contributed by atoms with Gasteiger partial charge in [-0.3, -0.25) is 9.78 Å². The number of hydrogen-bond donors (Lipinski definition) is 1. The summed E-state index contributed by atoms with van der Waals surface area (Å²) in [4.78, 5) is 15.8. The van der Waals surface area contributed by atoms with Crippen LogP contribution >= 0.6 is 11.3 Å². The highest BCUT2D eigenvalue weighted by molar-refractivity contribution is 7.15. The van der Waals surface area contributed by atoms with Crippen molar-refractivity contribution < 1.29 is 18.0 Å². The van der Waals surface area contributed by atoms with Gasteiger partial charge in [-0.15, -0.1) is 11.3 Å². The Morgan fingerprint density at radius 3 is 2.54 bits per heavy atom. The van der Waals surface area contributed by atoms with Crippen LogP contribution in [-0.4, -0.2) is 15.5 Å². The molecule has 8 heteroatoms. The van der Waals surface area contributed by atoms with Crippen LogP contribution in [0.15, 0.2) is 36.7 Å². The number of pyridine rings is 1. The smallest absolute Gasteiger partial charge is 0.368 e. The van der Waals surface area contributed by atoms with Crippen molar-refractivity contribution in [2.24, 2.45) is 5.73 Å². The van der Waals surface area contributed by atoms with E-state index in [1.165, 1.54) is 12.3 Å². The van der Waals surface area contributed by atoms with Crippen LogP contribution in [0.3, 0.4) is 0 Å².